The monoisotopic (exact) mass is 282 g/mol. The fraction of sp³-hybridized carbons (Fsp3) is 0.312. The number of aryl methyl sites for hydroxylation is 1. The van der Waals surface area contributed by atoms with E-state index < -0.39 is 0 Å². The molecular formula is C16H18N4O. The van der Waals surface area contributed by atoms with Crippen LogP contribution in [0.4, 0.5) is 5.69 Å². The van der Waals surface area contributed by atoms with Gasteiger partial charge in [0.25, 0.3) is 5.91 Å². The first-order valence-corrected chi connectivity index (χ1v) is 7.07. The first kappa shape index (κ1) is 13.5. The average Bonchev–Trinajstić information content (AvgIpc) is 3.32. The Morgan fingerprint density at radius 2 is 2.10 bits per heavy atom. The quantitative estimate of drug-likeness (QED) is 0.932. The van der Waals surface area contributed by atoms with E-state index in [0.29, 0.717) is 23.8 Å². The number of aromatic nitrogens is 2. The van der Waals surface area contributed by atoms with Crippen LogP contribution in [0.5, 0.6) is 0 Å². The van der Waals surface area contributed by atoms with Crippen molar-refractivity contribution in [1.29, 1.82) is 0 Å². The first-order valence-electron chi connectivity index (χ1n) is 7.07. The lowest BCUT2D eigenvalue weighted by Gasteiger charge is -2.23. The van der Waals surface area contributed by atoms with E-state index in [1.165, 1.54) is 0 Å². The molecule has 2 N–H and O–H groups in total. The molecule has 0 aliphatic heterocycles. The lowest BCUT2D eigenvalue weighted by atomic mass is 10.1. The minimum atomic E-state index is 0.00612. The standard InChI is InChI=1S/C16H18N4O/c1-11-15(8-13(17)9-19-11)16(21)20(14-2-3-14)10-12-4-6-18-7-5-12/h4-9,14H,2-3,10,17H2,1H3. The molecule has 0 radical (unpaired) electrons. The second-order valence-electron chi connectivity index (χ2n) is 5.42. The van der Waals surface area contributed by atoms with Crippen molar-refractivity contribution in [3.8, 4) is 0 Å². The highest BCUT2D eigenvalue weighted by Gasteiger charge is 2.33. The Morgan fingerprint density at radius 3 is 2.76 bits per heavy atom. The maximum absolute atomic E-state index is 12.8. The Labute approximate surface area is 123 Å². The zero-order valence-electron chi connectivity index (χ0n) is 12.0. The third-order valence-electron chi connectivity index (χ3n) is 3.69. The van der Waals surface area contributed by atoms with Gasteiger partial charge in [0.15, 0.2) is 0 Å². The van der Waals surface area contributed by atoms with Gasteiger partial charge in [0.1, 0.15) is 0 Å². The number of hydrogen-bond acceptors (Lipinski definition) is 4. The number of anilines is 1. The van der Waals surface area contributed by atoms with Gasteiger partial charge >= 0.3 is 0 Å². The highest BCUT2D eigenvalue weighted by atomic mass is 16.2. The van der Waals surface area contributed by atoms with Crippen molar-refractivity contribution >= 4 is 11.6 Å². The van der Waals surface area contributed by atoms with Crippen molar-refractivity contribution < 1.29 is 4.79 Å². The summed E-state index contributed by atoms with van der Waals surface area (Å²) in [4.78, 5) is 22.9. The van der Waals surface area contributed by atoms with Gasteiger partial charge in [0.05, 0.1) is 23.1 Å². The van der Waals surface area contributed by atoms with E-state index in [0.717, 1.165) is 24.1 Å². The summed E-state index contributed by atoms with van der Waals surface area (Å²) in [5.74, 6) is 0.00612. The fourth-order valence-corrected chi connectivity index (χ4v) is 2.36. The lowest BCUT2D eigenvalue weighted by Crippen LogP contribution is -2.33. The molecule has 0 saturated heterocycles. The number of amides is 1. The minimum Gasteiger partial charge on any atom is -0.397 e. The van der Waals surface area contributed by atoms with Crippen LogP contribution in [-0.2, 0) is 6.54 Å². The SMILES string of the molecule is Cc1ncc(N)cc1C(=O)N(Cc1ccncc1)C1CC1. The highest BCUT2D eigenvalue weighted by Crippen LogP contribution is 2.30. The van der Waals surface area contributed by atoms with Crippen LogP contribution in [0.15, 0.2) is 36.8 Å². The van der Waals surface area contributed by atoms with Crippen LogP contribution in [0.1, 0.15) is 34.5 Å². The van der Waals surface area contributed by atoms with Crippen molar-refractivity contribution in [2.45, 2.75) is 32.4 Å². The molecule has 5 heteroatoms. The third kappa shape index (κ3) is 3.02. The molecule has 0 unspecified atom stereocenters. The fourth-order valence-electron chi connectivity index (χ4n) is 2.36. The molecule has 1 fully saturated rings. The molecule has 21 heavy (non-hydrogen) atoms. The molecule has 1 amide bonds. The highest BCUT2D eigenvalue weighted by molar-refractivity contribution is 5.96. The van der Waals surface area contributed by atoms with Crippen molar-refractivity contribution in [2.75, 3.05) is 5.73 Å². The summed E-state index contributed by atoms with van der Waals surface area (Å²) in [7, 11) is 0. The van der Waals surface area contributed by atoms with Crippen molar-refractivity contribution in [1.82, 2.24) is 14.9 Å². The van der Waals surface area contributed by atoms with E-state index >= 15 is 0 Å². The van der Waals surface area contributed by atoms with E-state index in [2.05, 4.69) is 9.97 Å². The Kier molecular flexibility index (Phi) is 3.56. The topological polar surface area (TPSA) is 72.1 Å². The van der Waals surface area contributed by atoms with Crippen molar-refractivity contribution in [3.63, 3.8) is 0 Å². The van der Waals surface area contributed by atoms with Gasteiger partial charge in [0.2, 0.25) is 0 Å². The van der Waals surface area contributed by atoms with Crippen LogP contribution in [0.3, 0.4) is 0 Å². The summed E-state index contributed by atoms with van der Waals surface area (Å²) in [5.41, 5.74) is 8.68. The molecule has 2 aromatic rings. The number of carbonyl (C=O) groups is 1. The van der Waals surface area contributed by atoms with Gasteiger partial charge in [-0.05, 0) is 43.5 Å². The number of nitrogen functional groups attached to an aromatic ring is 1. The third-order valence-corrected chi connectivity index (χ3v) is 3.69. The average molecular weight is 282 g/mol. The summed E-state index contributed by atoms with van der Waals surface area (Å²) in [5, 5.41) is 0. The van der Waals surface area contributed by atoms with Crippen molar-refractivity contribution in [3.05, 3.63) is 53.6 Å². The first-order chi connectivity index (χ1) is 10.1. The molecule has 0 bridgehead atoms. The molecule has 5 nitrogen and oxygen atoms in total. The van der Waals surface area contributed by atoms with E-state index in [-0.39, 0.29) is 5.91 Å². The maximum atomic E-state index is 12.8. The van der Waals surface area contributed by atoms with E-state index in [1.807, 2.05) is 24.0 Å². The molecule has 2 heterocycles. The van der Waals surface area contributed by atoms with Gasteiger partial charge in [-0.2, -0.15) is 0 Å². The minimum absolute atomic E-state index is 0.00612. The molecule has 0 spiro atoms. The van der Waals surface area contributed by atoms with Crippen LogP contribution >= 0.6 is 0 Å². The van der Waals surface area contributed by atoms with Gasteiger partial charge in [-0.1, -0.05) is 0 Å². The molecule has 2 aromatic heterocycles. The Morgan fingerprint density at radius 1 is 1.38 bits per heavy atom. The second-order valence-corrected chi connectivity index (χ2v) is 5.42. The summed E-state index contributed by atoms with van der Waals surface area (Å²) in [6.45, 7) is 2.43. The number of carbonyl (C=O) groups excluding carboxylic acids is 1. The van der Waals surface area contributed by atoms with E-state index in [1.54, 1.807) is 24.7 Å². The molecule has 1 saturated carbocycles. The van der Waals surface area contributed by atoms with Gasteiger partial charge in [-0.15, -0.1) is 0 Å². The van der Waals surface area contributed by atoms with Crippen LogP contribution in [0, 0.1) is 6.92 Å². The van der Waals surface area contributed by atoms with Crippen LogP contribution in [0.25, 0.3) is 0 Å². The molecule has 0 atom stereocenters. The second kappa shape index (κ2) is 5.52. The number of hydrogen-bond donors (Lipinski definition) is 1. The summed E-state index contributed by atoms with van der Waals surface area (Å²) < 4.78 is 0. The van der Waals surface area contributed by atoms with Crippen molar-refractivity contribution in [2.24, 2.45) is 0 Å². The summed E-state index contributed by atoms with van der Waals surface area (Å²) in [6.07, 6.45) is 7.20. The van der Waals surface area contributed by atoms with Gasteiger partial charge in [-0.3, -0.25) is 14.8 Å². The molecule has 1 aliphatic carbocycles. The zero-order valence-corrected chi connectivity index (χ0v) is 12.0. The van der Waals surface area contributed by atoms with Gasteiger partial charge < -0.3 is 10.6 Å². The van der Waals surface area contributed by atoms with Crippen LogP contribution in [-0.4, -0.2) is 26.8 Å². The van der Waals surface area contributed by atoms with E-state index in [4.69, 9.17) is 5.73 Å². The number of nitrogens with zero attached hydrogens (tertiary/aromatic N) is 3. The predicted octanol–water partition coefficient (Wildman–Crippen LogP) is 2.17. The summed E-state index contributed by atoms with van der Waals surface area (Å²) >= 11 is 0. The molecular weight excluding hydrogens is 264 g/mol. The molecule has 0 aromatic carbocycles. The summed E-state index contributed by atoms with van der Waals surface area (Å²) in [6, 6.07) is 5.92. The number of rotatable bonds is 4. The molecule has 3 rings (SSSR count). The molecule has 1 aliphatic rings. The normalized spacial score (nSPS) is 14.0. The van der Waals surface area contributed by atoms with Gasteiger partial charge in [-0.25, -0.2) is 0 Å². The van der Waals surface area contributed by atoms with E-state index in [9.17, 15) is 4.79 Å². The Bertz CT molecular complexity index is 653. The predicted molar refractivity (Wildman–Crippen MR) is 80.5 cm³/mol. The van der Waals surface area contributed by atoms with Gasteiger partial charge in [0, 0.05) is 25.0 Å². The lowest BCUT2D eigenvalue weighted by molar-refractivity contribution is 0.0728. The number of pyridine rings is 2. The van der Waals surface area contributed by atoms with Crippen LogP contribution < -0.4 is 5.73 Å². The maximum Gasteiger partial charge on any atom is 0.256 e. The Balaban J connectivity index is 1.87. The smallest absolute Gasteiger partial charge is 0.256 e. The zero-order chi connectivity index (χ0) is 14.8. The molecule has 108 valence electrons. The largest absolute Gasteiger partial charge is 0.397 e. The Hall–Kier alpha value is -2.43. The number of nitrogens with two attached hydrogens (primary N) is 1. The van der Waals surface area contributed by atoms with Crippen LogP contribution in [0.2, 0.25) is 0 Å².